The molecule has 0 spiro atoms. The Hall–Kier alpha value is -3.68. The highest BCUT2D eigenvalue weighted by Crippen LogP contribution is 2.33. The second-order valence-electron chi connectivity index (χ2n) is 7.21. The predicted octanol–water partition coefficient (Wildman–Crippen LogP) is 3.35. The lowest BCUT2D eigenvalue weighted by molar-refractivity contribution is -0.142. The van der Waals surface area contributed by atoms with Gasteiger partial charge in [0.2, 0.25) is 0 Å². The lowest BCUT2D eigenvalue weighted by Gasteiger charge is -2.17. The van der Waals surface area contributed by atoms with Crippen LogP contribution in [0.25, 0.3) is 11.1 Å². The maximum absolute atomic E-state index is 11.5. The first kappa shape index (κ1) is 24.6. The minimum atomic E-state index is -0.474. The smallest absolute Gasteiger partial charge is 0.308 e. The minimum Gasteiger partial charge on any atom is -0.468 e. The molecule has 0 amide bonds. The Bertz CT molecular complexity index is 1010. The van der Waals surface area contributed by atoms with Gasteiger partial charge in [-0.05, 0) is 59.4 Å². The molecule has 32 heavy (non-hydrogen) atoms. The van der Waals surface area contributed by atoms with Gasteiger partial charge in [0.05, 0.1) is 6.61 Å². The Morgan fingerprint density at radius 2 is 1.44 bits per heavy atom. The van der Waals surface area contributed by atoms with Gasteiger partial charge in [-0.15, -0.1) is 0 Å². The number of carbonyl (C=O) groups excluding carboxylic acids is 4. The average Bonchev–Trinajstić information content (AvgIpc) is 2.73. The van der Waals surface area contributed by atoms with E-state index in [9.17, 15) is 19.2 Å². The van der Waals surface area contributed by atoms with Crippen LogP contribution < -0.4 is 4.74 Å². The van der Waals surface area contributed by atoms with Gasteiger partial charge < -0.3 is 18.9 Å². The van der Waals surface area contributed by atoms with Crippen LogP contribution in [0.15, 0.2) is 24.3 Å². The van der Waals surface area contributed by atoms with Gasteiger partial charge in [0, 0.05) is 25.8 Å². The summed E-state index contributed by atoms with van der Waals surface area (Å²) in [6.45, 7) is 7.33. The molecule has 0 bridgehead atoms. The Morgan fingerprint density at radius 3 is 2.03 bits per heavy atom. The molecule has 2 aromatic rings. The molecule has 0 heterocycles. The summed E-state index contributed by atoms with van der Waals surface area (Å²) in [6.07, 6.45) is 0.440. The molecule has 2 aromatic carbocycles. The van der Waals surface area contributed by atoms with E-state index in [1.54, 1.807) is 13.0 Å². The van der Waals surface area contributed by atoms with Crippen molar-refractivity contribution in [3.05, 3.63) is 52.1 Å². The maximum atomic E-state index is 11.5. The van der Waals surface area contributed by atoms with E-state index >= 15 is 0 Å². The summed E-state index contributed by atoms with van der Waals surface area (Å²) in [5, 5.41) is 0. The van der Waals surface area contributed by atoms with Gasteiger partial charge in [0.1, 0.15) is 19.0 Å². The van der Waals surface area contributed by atoms with Crippen LogP contribution in [0.3, 0.4) is 0 Å². The molecule has 0 aromatic heterocycles. The fourth-order valence-corrected chi connectivity index (χ4v) is 3.41. The zero-order chi connectivity index (χ0) is 23.7. The summed E-state index contributed by atoms with van der Waals surface area (Å²) in [7, 11) is 0. The van der Waals surface area contributed by atoms with E-state index in [0.717, 1.165) is 27.8 Å². The van der Waals surface area contributed by atoms with Crippen LogP contribution in [-0.4, -0.2) is 31.5 Å². The first-order valence-electron chi connectivity index (χ1n) is 9.95. The summed E-state index contributed by atoms with van der Waals surface area (Å²) >= 11 is 0. The highest BCUT2D eigenvalue weighted by Gasteiger charge is 2.16. The van der Waals surface area contributed by atoms with E-state index in [1.165, 1.54) is 13.8 Å². The molecule has 0 aliphatic rings. The van der Waals surface area contributed by atoms with Crippen LogP contribution in [0.5, 0.6) is 5.75 Å². The fourth-order valence-electron chi connectivity index (χ4n) is 3.41. The molecule has 170 valence electrons. The summed E-state index contributed by atoms with van der Waals surface area (Å²) in [6, 6.07) is 7.55. The van der Waals surface area contributed by atoms with Gasteiger partial charge in [-0.25, -0.2) is 0 Å². The van der Waals surface area contributed by atoms with Gasteiger partial charge in [-0.1, -0.05) is 12.1 Å². The second kappa shape index (κ2) is 11.6. The van der Waals surface area contributed by atoms with Crippen molar-refractivity contribution in [2.24, 2.45) is 0 Å². The fraction of sp³-hybridized carbons (Fsp3) is 0.333. The highest BCUT2D eigenvalue weighted by atomic mass is 16.5. The van der Waals surface area contributed by atoms with Gasteiger partial charge in [0.25, 0.3) is 12.9 Å². The molecule has 2 rings (SSSR count). The average molecular weight is 442 g/mol. The Morgan fingerprint density at radius 1 is 0.812 bits per heavy atom. The van der Waals surface area contributed by atoms with Crippen LogP contribution >= 0.6 is 0 Å². The minimum absolute atomic E-state index is 0.0447. The number of rotatable bonds is 11. The van der Waals surface area contributed by atoms with Crippen LogP contribution in [0.1, 0.15) is 41.7 Å². The number of ether oxygens (including phenoxy) is 4. The van der Waals surface area contributed by atoms with Crippen molar-refractivity contribution < 1.29 is 38.1 Å². The van der Waals surface area contributed by atoms with Crippen molar-refractivity contribution in [2.75, 3.05) is 6.61 Å². The second-order valence-corrected chi connectivity index (χ2v) is 7.21. The molecule has 0 unspecified atom stereocenters. The number of aryl methyl sites for hydroxylation is 2. The van der Waals surface area contributed by atoms with Crippen LogP contribution in [0.2, 0.25) is 0 Å². The Kier molecular flexibility index (Phi) is 8.95. The topological polar surface area (TPSA) is 105 Å². The lowest BCUT2D eigenvalue weighted by Crippen LogP contribution is -2.08. The number of hydrogen-bond acceptors (Lipinski definition) is 8. The predicted molar refractivity (Wildman–Crippen MR) is 115 cm³/mol. The van der Waals surface area contributed by atoms with Crippen LogP contribution in [-0.2, 0) is 53.0 Å². The largest absolute Gasteiger partial charge is 0.468 e. The molecule has 0 aliphatic carbocycles. The first-order chi connectivity index (χ1) is 15.3. The summed E-state index contributed by atoms with van der Waals surface area (Å²) < 4.78 is 20.3. The Balaban J connectivity index is 2.56. The molecular formula is C24H26O8. The SMILES string of the molecule is CC(=O)OCc1cc(-c2cc(C)c(COC=O)c(CCOC=O)c2)cc(C)c1OC(C)=O. The van der Waals surface area contributed by atoms with Crippen molar-refractivity contribution >= 4 is 24.9 Å². The van der Waals surface area contributed by atoms with E-state index in [-0.39, 0.29) is 19.8 Å². The standard InChI is InChI=1S/C24H26O8/c1-15-7-20(9-19(5-6-29-13-25)23(15)12-30-14-26)21-8-16(2)24(32-18(4)28)22(10-21)11-31-17(3)27/h7-10,13-14H,5-6,11-12H2,1-4H3. The normalized spacial score (nSPS) is 10.2. The third kappa shape index (κ3) is 6.66. The van der Waals surface area contributed by atoms with E-state index in [0.29, 0.717) is 36.2 Å². The lowest BCUT2D eigenvalue weighted by atomic mass is 9.92. The molecule has 0 radical (unpaired) electrons. The van der Waals surface area contributed by atoms with Gasteiger partial charge in [-0.2, -0.15) is 0 Å². The van der Waals surface area contributed by atoms with Crippen molar-refractivity contribution in [1.82, 2.24) is 0 Å². The zero-order valence-electron chi connectivity index (χ0n) is 18.6. The molecule has 0 saturated carbocycles. The summed E-state index contributed by atoms with van der Waals surface area (Å²) in [5.74, 6) is -0.567. The molecular weight excluding hydrogens is 416 g/mol. The summed E-state index contributed by atoms with van der Waals surface area (Å²) in [4.78, 5) is 44.1. The monoisotopic (exact) mass is 442 g/mol. The quantitative estimate of drug-likeness (QED) is 0.172. The molecule has 0 atom stereocenters. The van der Waals surface area contributed by atoms with E-state index in [2.05, 4.69) is 0 Å². The number of hydrogen-bond donors (Lipinski definition) is 0. The molecule has 0 N–H and O–H groups in total. The van der Waals surface area contributed by atoms with Gasteiger partial charge in [-0.3, -0.25) is 19.2 Å². The molecule has 8 nitrogen and oxygen atoms in total. The number of carbonyl (C=O) groups is 4. The van der Waals surface area contributed by atoms with Crippen molar-refractivity contribution in [1.29, 1.82) is 0 Å². The first-order valence-corrected chi connectivity index (χ1v) is 9.95. The summed E-state index contributed by atoms with van der Waals surface area (Å²) in [5.41, 5.74) is 5.55. The molecule has 0 fully saturated rings. The van der Waals surface area contributed by atoms with E-state index in [1.807, 2.05) is 25.1 Å². The molecule has 0 saturated heterocycles. The van der Waals surface area contributed by atoms with Crippen LogP contribution in [0.4, 0.5) is 0 Å². The maximum Gasteiger partial charge on any atom is 0.308 e. The van der Waals surface area contributed by atoms with Crippen molar-refractivity contribution in [3.63, 3.8) is 0 Å². The Labute approximate surface area is 186 Å². The van der Waals surface area contributed by atoms with Gasteiger partial charge >= 0.3 is 11.9 Å². The number of esters is 2. The van der Waals surface area contributed by atoms with Crippen LogP contribution in [0, 0.1) is 13.8 Å². The van der Waals surface area contributed by atoms with Crippen molar-refractivity contribution in [2.45, 2.75) is 47.3 Å². The van der Waals surface area contributed by atoms with Gasteiger partial charge in [0.15, 0.2) is 0 Å². The number of benzene rings is 2. The third-order valence-electron chi connectivity index (χ3n) is 4.78. The zero-order valence-corrected chi connectivity index (χ0v) is 18.6. The van der Waals surface area contributed by atoms with E-state index < -0.39 is 11.9 Å². The third-order valence-corrected chi connectivity index (χ3v) is 4.78. The van der Waals surface area contributed by atoms with Crippen molar-refractivity contribution in [3.8, 4) is 16.9 Å². The molecule has 8 heteroatoms. The van der Waals surface area contributed by atoms with E-state index in [4.69, 9.17) is 18.9 Å². The molecule has 0 aliphatic heterocycles. The highest BCUT2D eigenvalue weighted by molar-refractivity contribution is 5.74.